The molecule has 15 heteroatoms. The maximum atomic E-state index is 12.4. The Morgan fingerprint density at radius 1 is 0.778 bits per heavy atom. The second-order valence-electron chi connectivity index (χ2n) is 12.4. The second kappa shape index (κ2) is 16.6. The van der Waals surface area contributed by atoms with E-state index in [1.807, 2.05) is 7.05 Å². The molecule has 4 rings (SSSR count). The van der Waals surface area contributed by atoms with Crippen LogP contribution in [0.2, 0.25) is 0 Å². The highest BCUT2D eigenvalue weighted by molar-refractivity contribution is 7.87. The van der Waals surface area contributed by atoms with Crippen molar-refractivity contribution in [3.05, 3.63) is 23.5 Å². The molecule has 0 N–H and O–H groups in total. The minimum absolute atomic E-state index is 0.0323. The number of likely N-dealkylation sites (tertiary alicyclic amines) is 2. The Kier molecular flexibility index (Phi) is 13.7. The van der Waals surface area contributed by atoms with E-state index in [1.165, 1.54) is 25.9 Å². The highest BCUT2D eigenvalue weighted by Gasteiger charge is 2.49. The average molecular weight is 667 g/mol. The quantitative estimate of drug-likeness (QED) is 0.165. The summed E-state index contributed by atoms with van der Waals surface area (Å²) in [6.07, 6.45) is 8.36. The predicted octanol–water partition coefficient (Wildman–Crippen LogP) is 2.85. The van der Waals surface area contributed by atoms with E-state index in [0.717, 1.165) is 71.4 Å². The van der Waals surface area contributed by atoms with Crippen molar-refractivity contribution in [3.63, 3.8) is 0 Å². The van der Waals surface area contributed by atoms with Gasteiger partial charge in [-0.3, -0.25) is 19.4 Å². The molecule has 4 aliphatic rings. The predicted molar refractivity (Wildman–Crippen MR) is 162 cm³/mol. The van der Waals surface area contributed by atoms with Crippen molar-refractivity contribution >= 4 is 22.1 Å². The maximum Gasteiger partial charge on any atom is 0.534 e. The standard InChI is InChI=1S/C15H23F3N2O5S.C15H26N2O2/c1-19-7-3-11(4-8-19)13(14(21)24-2)20-9-5-12(6-10-20)25-26(22,23)15(16,17)18;1-12-4-10-17(11-5-12)14(15(18)19-3)13-6-8-16(2)9-7-13/h5,11,13H,3-4,6-10H2,1-2H3;4,13-14H,5-11H2,1-3H3. The number of hydrogen-bond donors (Lipinski definition) is 0. The van der Waals surface area contributed by atoms with Crippen LogP contribution < -0.4 is 0 Å². The van der Waals surface area contributed by atoms with Crippen molar-refractivity contribution in [1.82, 2.24) is 19.6 Å². The lowest BCUT2D eigenvalue weighted by Crippen LogP contribution is -2.51. The molecule has 0 aromatic heterocycles. The Labute approximate surface area is 265 Å². The minimum atomic E-state index is -5.67. The van der Waals surface area contributed by atoms with E-state index >= 15 is 0 Å². The first-order valence-corrected chi connectivity index (χ1v) is 16.9. The van der Waals surface area contributed by atoms with Crippen LogP contribution in [0.3, 0.4) is 0 Å². The van der Waals surface area contributed by atoms with Crippen molar-refractivity contribution in [2.75, 3.05) is 80.7 Å². The molecule has 0 bridgehead atoms. The molecular formula is C30H49F3N4O7S. The van der Waals surface area contributed by atoms with Gasteiger partial charge >= 0.3 is 27.6 Å². The molecule has 0 amide bonds. The Morgan fingerprint density at radius 3 is 1.53 bits per heavy atom. The van der Waals surface area contributed by atoms with E-state index in [4.69, 9.17) is 9.47 Å². The number of rotatable bonds is 8. The van der Waals surface area contributed by atoms with Gasteiger partial charge in [0.05, 0.1) is 14.2 Å². The SMILES string of the molecule is COC(=O)C(C1CCN(C)CC1)N1CC=C(C)CC1.COC(=O)C(C1CCN(C)CC1)N1CC=C(OS(=O)(=O)C(F)(F)F)CC1. The van der Waals surface area contributed by atoms with Crippen molar-refractivity contribution in [2.24, 2.45) is 11.8 Å². The fraction of sp³-hybridized carbons (Fsp3) is 0.800. The molecule has 2 fully saturated rings. The van der Waals surface area contributed by atoms with E-state index in [9.17, 15) is 31.2 Å². The first kappa shape index (κ1) is 37.3. The van der Waals surface area contributed by atoms with Crippen LogP contribution in [0, 0.1) is 11.8 Å². The third-order valence-corrected chi connectivity index (χ3v) is 10.3. The zero-order valence-corrected chi connectivity index (χ0v) is 27.9. The highest BCUT2D eigenvalue weighted by Crippen LogP contribution is 2.31. The van der Waals surface area contributed by atoms with E-state index in [1.54, 1.807) is 4.90 Å². The highest BCUT2D eigenvalue weighted by atomic mass is 32.2. The molecule has 0 saturated carbocycles. The number of nitrogens with zero attached hydrogens (tertiary/aromatic N) is 4. The van der Waals surface area contributed by atoms with E-state index in [2.05, 4.69) is 38.9 Å². The summed E-state index contributed by atoms with van der Waals surface area (Å²) in [6, 6.07) is -0.561. The summed E-state index contributed by atoms with van der Waals surface area (Å²) in [5, 5.41) is 0. The topological polar surface area (TPSA) is 109 Å². The van der Waals surface area contributed by atoms with E-state index in [-0.39, 0.29) is 49.2 Å². The summed E-state index contributed by atoms with van der Waals surface area (Å²) in [6.45, 7) is 8.23. The molecule has 0 spiro atoms. The number of piperidine rings is 2. The van der Waals surface area contributed by atoms with Crippen LogP contribution in [0.1, 0.15) is 45.4 Å². The fourth-order valence-electron chi connectivity index (χ4n) is 6.43. The first-order chi connectivity index (χ1) is 21.2. The summed E-state index contributed by atoms with van der Waals surface area (Å²) in [5.74, 6) is -0.183. The minimum Gasteiger partial charge on any atom is -0.468 e. The summed E-state index contributed by atoms with van der Waals surface area (Å²) < 4.78 is 73.5. The molecule has 0 aromatic rings. The molecule has 0 aromatic carbocycles. The lowest BCUT2D eigenvalue weighted by molar-refractivity contribution is -0.150. The van der Waals surface area contributed by atoms with Gasteiger partial charge in [0.15, 0.2) is 0 Å². The molecule has 2 atom stereocenters. The second-order valence-corrected chi connectivity index (χ2v) is 13.9. The van der Waals surface area contributed by atoms with E-state index in [0.29, 0.717) is 5.92 Å². The van der Waals surface area contributed by atoms with Gasteiger partial charge in [0.2, 0.25) is 0 Å². The Bertz CT molecular complexity index is 1160. The molecule has 0 aliphatic carbocycles. The Morgan fingerprint density at radius 2 is 1.20 bits per heavy atom. The lowest BCUT2D eigenvalue weighted by atomic mass is 9.87. The molecule has 4 aliphatic heterocycles. The van der Waals surface area contributed by atoms with E-state index < -0.39 is 21.7 Å². The maximum absolute atomic E-state index is 12.4. The van der Waals surface area contributed by atoms with Crippen LogP contribution in [-0.4, -0.2) is 138 Å². The Balaban J connectivity index is 0.000000257. The third-order valence-electron chi connectivity index (χ3n) is 9.26. The van der Waals surface area contributed by atoms with Gasteiger partial charge in [-0.1, -0.05) is 11.6 Å². The number of alkyl halides is 3. The number of methoxy groups -OCH3 is 2. The smallest absolute Gasteiger partial charge is 0.468 e. The van der Waals surface area contributed by atoms with Crippen molar-refractivity contribution < 1.29 is 44.8 Å². The van der Waals surface area contributed by atoms with Crippen LogP contribution >= 0.6 is 0 Å². The number of carbonyl (C=O) groups is 2. The van der Waals surface area contributed by atoms with Crippen LogP contribution in [0.15, 0.2) is 23.5 Å². The molecule has 0 radical (unpaired) electrons. The molecular weight excluding hydrogens is 617 g/mol. The molecule has 4 heterocycles. The number of halogens is 3. The average Bonchev–Trinajstić information content (AvgIpc) is 3.00. The zero-order chi connectivity index (χ0) is 33.4. The zero-order valence-electron chi connectivity index (χ0n) is 27.1. The van der Waals surface area contributed by atoms with Gasteiger partial charge in [-0.05, 0) is 97.2 Å². The van der Waals surface area contributed by atoms with Crippen molar-refractivity contribution in [1.29, 1.82) is 0 Å². The number of hydrogen-bond acceptors (Lipinski definition) is 11. The van der Waals surface area contributed by atoms with Gasteiger partial charge in [-0.15, -0.1) is 0 Å². The van der Waals surface area contributed by atoms with Crippen LogP contribution in [0.5, 0.6) is 0 Å². The van der Waals surface area contributed by atoms with Crippen molar-refractivity contribution in [3.8, 4) is 0 Å². The number of esters is 2. The van der Waals surface area contributed by atoms with Crippen LogP contribution in [0.4, 0.5) is 13.2 Å². The summed E-state index contributed by atoms with van der Waals surface area (Å²) in [5.41, 5.74) is -4.03. The van der Waals surface area contributed by atoms with Crippen molar-refractivity contribution in [2.45, 2.75) is 63.0 Å². The van der Waals surface area contributed by atoms with Gasteiger partial charge in [0.1, 0.15) is 17.8 Å². The molecule has 11 nitrogen and oxygen atoms in total. The van der Waals surface area contributed by atoms with Gasteiger partial charge in [0, 0.05) is 32.6 Å². The third kappa shape index (κ3) is 10.4. The molecule has 258 valence electrons. The molecule has 2 unspecified atom stereocenters. The fourth-order valence-corrected chi connectivity index (χ4v) is 6.96. The van der Waals surface area contributed by atoms with Gasteiger partial charge in [0.25, 0.3) is 0 Å². The first-order valence-electron chi connectivity index (χ1n) is 15.5. The lowest BCUT2D eigenvalue weighted by Gasteiger charge is -2.39. The Hall–Kier alpha value is -2.20. The van der Waals surface area contributed by atoms with Gasteiger partial charge in [-0.25, -0.2) is 0 Å². The molecule has 2 saturated heterocycles. The molecule has 45 heavy (non-hydrogen) atoms. The van der Waals surface area contributed by atoms with Crippen LogP contribution in [0.25, 0.3) is 0 Å². The summed E-state index contributed by atoms with van der Waals surface area (Å²) in [7, 11) is 1.29. The van der Waals surface area contributed by atoms with Gasteiger partial charge in [-0.2, -0.15) is 21.6 Å². The summed E-state index contributed by atoms with van der Waals surface area (Å²) >= 11 is 0. The monoisotopic (exact) mass is 666 g/mol. The van der Waals surface area contributed by atoms with Crippen LogP contribution in [-0.2, 0) is 33.4 Å². The number of carbonyl (C=O) groups excluding carboxylic acids is 2. The largest absolute Gasteiger partial charge is 0.534 e. The normalized spacial score (nSPS) is 23.6. The van der Waals surface area contributed by atoms with Gasteiger partial charge < -0.3 is 23.5 Å². The number of ether oxygens (including phenoxy) is 2. The summed E-state index contributed by atoms with van der Waals surface area (Å²) in [4.78, 5) is 33.0.